The Hall–Kier alpha value is -2.27. The Morgan fingerprint density at radius 3 is 2.34 bits per heavy atom. The van der Waals surface area contributed by atoms with Gasteiger partial charge in [-0.15, -0.1) is 11.8 Å². The van der Waals surface area contributed by atoms with Crippen molar-refractivity contribution in [2.75, 3.05) is 25.7 Å². The van der Waals surface area contributed by atoms with E-state index in [0.29, 0.717) is 6.42 Å². The van der Waals surface area contributed by atoms with Crippen molar-refractivity contribution in [1.82, 2.24) is 15.5 Å². The summed E-state index contributed by atoms with van der Waals surface area (Å²) in [6.07, 6.45) is 6.91. The quantitative estimate of drug-likeness (QED) is 0.437. The minimum absolute atomic E-state index is 0.151. The number of ether oxygens (including phenoxy) is 2. The lowest BCUT2D eigenvalue weighted by Crippen LogP contribution is -2.61. The Bertz CT molecular complexity index is 1010. The van der Waals surface area contributed by atoms with E-state index >= 15 is 0 Å². The molecule has 2 unspecified atom stereocenters. The summed E-state index contributed by atoms with van der Waals surface area (Å²) in [7, 11) is -0.00674. The van der Waals surface area contributed by atoms with E-state index in [4.69, 9.17) is 9.47 Å². The van der Waals surface area contributed by atoms with Crippen LogP contribution in [0.25, 0.3) is 0 Å². The summed E-state index contributed by atoms with van der Waals surface area (Å²) < 4.78 is 23.5. The van der Waals surface area contributed by atoms with Gasteiger partial charge in [0.05, 0.1) is 17.9 Å². The fourth-order valence-corrected chi connectivity index (χ4v) is 7.12. The Labute approximate surface area is 232 Å². The maximum Gasteiger partial charge on any atom is 0.411 e. The van der Waals surface area contributed by atoms with Crippen molar-refractivity contribution in [3.05, 3.63) is 29.8 Å². The first kappa shape index (κ1) is 30.3. The van der Waals surface area contributed by atoms with Gasteiger partial charge in [0.2, 0.25) is 0 Å². The summed E-state index contributed by atoms with van der Waals surface area (Å²) in [4.78, 5) is 40.2. The second kappa shape index (κ2) is 13.2. The number of nitrogens with zero attached hydrogens (tertiary/aromatic N) is 1. The fraction of sp³-hybridized carbons (Fsp3) is 0.667. The third-order valence-electron chi connectivity index (χ3n) is 6.87. The molecule has 3 amide bonds. The monoisotopic (exact) mass is 567 g/mol. The predicted octanol–water partition coefficient (Wildman–Crippen LogP) is 3.78. The molecule has 1 aliphatic heterocycles. The summed E-state index contributed by atoms with van der Waals surface area (Å²) in [5.41, 5.74) is 0.138. The molecule has 2 N–H and O–H groups in total. The molecule has 0 spiro atoms. The Morgan fingerprint density at radius 1 is 1.11 bits per heavy atom. The van der Waals surface area contributed by atoms with Crippen molar-refractivity contribution in [3.8, 4) is 5.75 Å². The Morgan fingerprint density at radius 2 is 1.76 bits per heavy atom. The molecule has 212 valence electrons. The first-order chi connectivity index (χ1) is 18.0. The number of carbonyl (C=O) groups is 3. The van der Waals surface area contributed by atoms with Gasteiger partial charge in [0.15, 0.2) is 10.2 Å². The average molecular weight is 568 g/mol. The molecule has 0 aromatic heterocycles. The maximum absolute atomic E-state index is 13.7. The highest BCUT2D eigenvalue weighted by molar-refractivity contribution is 8.00. The maximum atomic E-state index is 13.7. The van der Waals surface area contributed by atoms with Gasteiger partial charge in [0.1, 0.15) is 11.4 Å². The molecule has 11 heteroatoms. The molecule has 1 aromatic carbocycles. The number of carbonyl (C=O) groups excluding carboxylic acids is 3. The smallest absolute Gasteiger partial charge is 0.411 e. The number of methoxy groups -OCH3 is 1. The highest BCUT2D eigenvalue weighted by atomic mass is 32.2. The molecule has 0 radical (unpaired) electrons. The van der Waals surface area contributed by atoms with E-state index < -0.39 is 38.6 Å². The van der Waals surface area contributed by atoms with Crippen molar-refractivity contribution in [2.45, 2.75) is 81.7 Å². The lowest BCUT2D eigenvalue weighted by Gasteiger charge is -2.37. The summed E-state index contributed by atoms with van der Waals surface area (Å²) in [5.74, 6) is 0.265. The van der Waals surface area contributed by atoms with E-state index in [9.17, 15) is 18.6 Å². The topological polar surface area (TPSA) is 114 Å². The highest BCUT2D eigenvalue weighted by Gasteiger charge is 2.47. The number of thioether (sulfide) groups is 1. The summed E-state index contributed by atoms with van der Waals surface area (Å²) in [6.45, 7) is 5.65. The number of rotatable bonds is 9. The standard InChI is InChI=1S/C27H41N3O6S2/c1-26(2,3)36-25(33)30-15-16-38(34)23(30)22(31)29-27(37-5,17-19-9-7-6-8-10-19)24(32)28-18-20-11-13-21(35-4)14-12-20/h11-14,19,23H,6-10,15-18H2,1-5H3,(H,28,32)(H,29,31)/t23?,27-,38?/m1/s1. The Kier molecular flexibility index (Phi) is 10.5. The molecule has 1 aromatic rings. The van der Waals surface area contributed by atoms with Gasteiger partial charge in [-0.3, -0.25) is 18.7 Å². The van der Waals surface area contributed by atoms with Crippen molar-refractivity contribution < 1.29 is 28.1 Å². The van der Waals surface area contributed by atoms with E-state index in [1.165, 1.54) is 23.1 Å². The zero-order chi connectivity index (χ0) is 27.9. The zero-order valence-electron chi connectivity index (χ0n) is 23.0. The lowest BCUT2D eigenvalue weighted by molar-refractivity contribution is -0.131. The van der Waals surface area contributed by atoms with Crippen molar-refractivity contribution in [1.29, 1.82) is 0 Å². The van der Waals surface area contributed by atoms with Crippen LogP contribution in [0, 0.1) is 5.92 Å². The number of benzene rings is 1. The third-order valence-corrected chi connectivity index (χ3v) is 9.57. The van der Waals surface area contributed by atoms with Crippen LogP contribution >= 0.6 is 11.8 Å². The molecule has 2 fully saturated rings. The number of hydrogen-bond acceptors (Lipinski definition) is 7. The molecule has 38 heavy (non-hydrogen) atoms. The highest BCUT2D eigenvalue weighted by Crippen LogP contribution is 2.36. The van der Waals surface area contributed by atoms with Gasteiger partial charge in [0, 0.05) is 18.8 Å². The third kappa shape index (κ3) is 7.88. The molecule has 1 saturated carbocycles. The van der Waals surface area contributed by atoms with E-state index in [0.717, 1.165) is 37.0 Å². The van der Waals surface area contributed by atoms with Gasteiger partial charge in [-0.2, -0.15) is 0 Å². The minimum Gasteiger partial charge on any atom is -0.497 e. The summed E-state index contributed by atoms with van der Waals surface area (Å²) in [6, 6.07) is 7.40. The normalized spacial score (nSPS) is 21.9. The van der Waals surface area contributed by atoms with E-state index in [2.05, 4.69) is 10.6 Å². The molecule has 3 atom stereocenters. The molecule has 0 bridgehead atoms. The first-order valence-electron chi connectivity index (χ1n) is 13.1. The molecule has 2 aliphatic rings. The number of hydrogen-bond donors (Lipinski definition) is 2. The van der Waals surface area contributed by atoms with E-state index in [1.54, 1.807) is 34.1 Å². The van der Waals surface area contributed by atoms with Crippen LogP contribution in [0.2, 0.25) is 0 Å². The van der Waals surface area contributed by atoms with E-state index in [-0.39, 0.29) is 30.7 Å². The summed E-state index contributed by atoms with van der Waals surface area (Å²) >= 11 is 1.27. The number of amides is 3. The van der Waals surface area contributed by atoms with Crippen molar-refractivity contribution in [3.63, 3.8) is 0 Å². The van der Waals surface area contributed by atoms with Crippen molar-refractivity contribution >= 4 is 40.5 Å². The van der Waals surface area contributed by atoms with Gasteiger partial charge in [-0.1, -0.05) is 44.2 Å². The van der Waals surface area contributed by atoms with E-state index in [1.807, 2.05) is 24.3 Å². The largest absolute Gasteiger partial charge is 0.497 e. The molecule has 9 nitrogen and oxygen atoms in total. The minimum atomic E-state index is -1.60. The first-order valence-corrected chi connectivity index (χ1v) is 15.7. The number of nitrogens with one attached hydrogen (secondary N) is 2. The molecular formula is C27H41N3O6S2. The molecule has 3 rings (SSSR count). The second-order valence-electron chi connectivity index (χ2n) is 10.9. The fourth-order valence-electron chi connectivity index (χ4n) is 4.88. The molecule has 1 saturated heterocycles. The SMILES string of the molecule is COc1ccc(CNC(=O)[C@](CC2CCCCC2)(NC(=O)C2N(C(=O)OC(C)(C)C)CCS2=O)SC)cc1. The summed E-state index contributed by atoms with van der Waals surface area (Å²) in [5, 5.41) is 4.73. The van der Waals surface area contributed by atoms with Crippen LogP contribution in [0.15, 0.2) is 24.3 Å². The molecule has 1 heterocycles. The average Bonchev–Trinajstić information content (AvgIpc) is 3.28. The Balaban J connectivity index is 1.81. The molecule has 1 aliphatic carbocycles. The van der Waals surface area contributed by atoms with Crippen LogP contribution in [-0.2, 0) is 31.7 Å². The van der Waals surface area contributed by atoms with Gasteiger partial charge >= 0.3 is 6.09 Å². The van der Waals surface area contributed by atoms with Crippen LogP contribution in [0.1, 0.15) is 64.9 Å². The van der Waals surface area contributed by atoms with Crippen LogP contribution in [0.4, 0.5) is 4.79 Å². The molecular weight excluding hydrogens is 526 g/mol. The second-order valence-corrected chi connectivity index (χ2v) is 13.6. The van der Waals surface area contributed by atoms with Gasteiger partial charge < -0.3 is 20.1 Å². The predicted molar refractivity (Wildman–Crippen MR) is 150 cm³/mol. The van der Waals surface area contributed by atoms with Crippen LogP contribution < -0.4 is 15.4 Å². The van der Waals surface area contributed by atoms with Crippen molar-refractivity contribution in [2.24, 2.45) is 5.92 Å². The lowest BCUT2D eigenvalue weighted by atomic mass is 9.84. The van der Waals surface area contributed by atoms with Crippen LogP contribution in [0.3, 0.4) is 0 Å². The van der Waals surface area contributed by atoms with Crippen LogP contribution in [-0.4, -0.2) is 68.5 Å². The van der Waals surface area contributed by atoms with Gasteiger partial charge in [-0.25, -0.2) is 4.79 Å². The van der Waals surface area contributed by atoms with Gasteiger partial charge in [-0.05, 0) is 57.1 Å². The van der Waals surface area contributed by atoms with Crippen LogP contribution in [0.5, 0.6) is 5.75 Å². The zero-order valence-corrected chi connectivity index (χ0v) is 24.7. The van der Waals surface area contributed by atoms with Gasteiger partial charge in [0.25, 0.3) is 11.8 Å².